The van der Waals surface area contributed by atoms with Crippen molar-refractivity contribution in [2.24, 2.45) is 0 Å². The third-order valence-corrected chi connectivity index (χ3v) is 2.90. The standard InChI is InChI=1S/C14H13N5O/c1-9-6-10(2)19(18-9)14-16-12(7-13(20)17-14)11-4-3-5-15-8-11/h3-8H,1-2H3,(H,16,17,20). The van der Waals surface area contributed by atoms with Gasteiger partial charge in [0.2, 0.25) is 5.95 Å². The van der Waals surface area contributed by atoms with Crippen LogP contribution >= 0.6 is 0 Å². The van der Waals surface area contributed by atoms with Gasteiger partial charge in [-0.1, -0.05) is 0 Å². The van der Waals surface area contributed by atoms with E-state index in [1.165, 1.54) is 6.07 Å². The first-order valence-electron chi connectivity index (χ1n) is 6.19. The number of hydrogen-bond acceptors (Lipinski definition) is 4. The summed E-state index contributed by atoms with van der Waals surface area (Å²) in [4.78, 5) is 23.0. The van der Waals surface area contributed by atoms with Crippen molar-refractivity contribution in [1.29, 1.82) is 0 Å². The molecule has 0 fully saturated rings. The summed E-state index contributed by atoms with van der Waals surface area (Å²) in [5, 5.41) is 4.32. The minimum atomic E-state index is -0.221. The molecule has 0 aliphatic heterocycles. The number of aromatic nitrogens is 5. The molecule has 0 amide bonds. The molecule has 3 heterocycles. The van der Waals surface area contributed by atoms with E-state index in [1.807, 2.05) is 26.0 Å². The maximum atomic E-state index is 11.8. The normalized spacial score (nSPS) is 10.7. The Morgan fingerprint density at radius 1 is 1.25 bits per heavy atom. The van der Waals surface area contributed by atoms with Crippen molar-refractivity contribution in [1.82, 2.24) is 24.7 Å². The molecular weight excluding hydrogens is 254 g/mol. The van der Waals surface area contributed by atoms with Gasteiger partial charge in [-0.2, -0.15) is 5.10 Å². The molecule has 0 aromatic carbocycles. The first-order valence-corrected chi connectivity index (χ1v) is 6.19. The summed E-state index contributed by atoms with van der Waals surface area (Å²) in [6.45, 7) is 3.81. The average Bonchev–Trinajstić information content (AvgIpc) is 2.78. The predicted octanol–water partition coefficient (Wildman–Crippen LogP) is 1.63. The van der Waals surface area contributed by atoms with E-state index < -0.39 is 0 Å². The van der Waals surface area contributed by atoms with E-state index in [2.05, 4.69) is 20.1 Å². The molecule has 0 aliphatic rings. The van der Waals surface area contributed by atoms with Gasteiger partial charge in [-0.05, 0) is 32.0 Å². The molecule has 0 spiro atoms. The molecule has 6 nitrogen and oxygen atoms in total. The summed E-state index contributed by atoms with van der Waals surface area (Å²) in [6, 6.07) is 7.05. The van der Waals surface area contributed by atoms with Gasteiger partial charge in [0.25, 0.3) is 5.56 Å². The number of H-pyrrole nitrogens is 1. The number of hydrogen-bond donors (Lipinski definition) is 1. The molecule has 6 heteroatoms. The molecule has 3 aromatic heterocycles. The van der Waals surface area contributed by atoms with Crippen molar-refractivity contribution in [3.05, 3.63) is 58.4 Å². The molecule has 0 aliphatic carbocycles. The second-order valence-electron chi connectivity index (χ2n) is 4.53. The fourth-order valence-electron chi connectivity index (χ4n) is 2.05. The first kappa shape index (κ1) is 12.3. The van der Waals surface area contributed by atoms with Crippen molar-refractivity contribution < 1.29 is 0 Å². The zero-order chi connectivity index (χ0) is 14.1. The third-order valence-electron chi connectivity index (χ3n) is 2.90. The van der Waals surface area contributed by atoms with Crippen LogP contribution in [0.2, 0.25) is 0 Å². The molecule has 100 valence electrons. The zero-order valence-electron chi connectivity index (χ0n) is 11.2. The lowest BCUT2D eigenvalue weighted by molar-refractivity contribution is 0.770. The first-order chi connectivity index (χ1) is 9.63. The largest absolute Gasteiger partial charge is 0.291 e. The summed E-state index contributed by atoms with van der Waals surface area (Å²) in [7, 11) is 0. The van der Waals surface area contributed by atoms with Gasteiger partial charge in [0.15, 0.2) is 0 Å². The highest BCUT2D eigenvalue weighted by atomic mass is 16.1. The molecular formula is C14H13N5O. The van der Waals surface area contributed by atoms with Crippen molar-refractivity contribution in [2.45, 2.75) is 13.8 Å². The fourth-order valence-corrected chi connectivity index (χ4v) is 2.05. The lowest BCUT2D eigenvalue weighted by Crippen LogP contribution is -2.14. The highest BCUT2D eigenvalue weighted by Gasteiger charge is 2.09. The smallest absolute Gasteiger partial charge is 0.252 e. The van der Waals surface area contributed by atoms with Crippen LogP contribution in [-0.2, 0) is 0 Å². The second-order valence-corrected chi connectivity index (χ2v) is 4.53. The van der Waals surface area contributed by atoms with Crippen LogP contribution in [0.25, 0.3) is 17.2 Å². The summed E-state index contributed by atoms with van der Waals surface area (Å²) in [6.07, 6.45) is 3.35. The Bertz CT molecular complexity index is 804. The van der Waals surface area contributed by atoms with Crippen molar-refractivity contribution in [3.63, 3.8) is 0 Å². The van der Waals surface area contributed by atoms with E-state index in [9.17, 15) is 4.79 Å². The van der Waals surface area contributed by atoms with Crippen LogP contribution in [0.15, 0.2) is 41.5 Å². The Balaban J connectivity index is 2.17. The van der Waals surface area contributed by atoms with Crippen molar-refractivity contribution in [3.8, 4) is 17.2 Å². The van der Waals surface area contributed by atoms with Crippen LogP contribution in [0, 0.1) is 13.8 Å². The van der Waals surface area contributed by atoms with E-state index in [0.717, 1.165) is 17.0 Å². The van der Waals surface area contributed by atoms with Crippen molar-refractivity contribution >= 4 is 0 Å². The number of pyridine rings is 1. The minimum Gasteiger partial charge on any atom is -0.291 e. The van der Waals surface area contributed by atoms with Gasteiger partial charge >= 0.3 is 0 Å². The van der Waals surface area contributed by atoms with Gasteiger partial charge in [0.05, 0.1) is 11.4 Å². The number of aromatic amines is 1. The third kappa shape index (κ3) is 2.23. The molecule has 20 heavy (non-hydrogen) atoms. The van der Waals surface area contributed by atoms with Gasteiger partial charge in [0, 0.05) is 29.7 Å². The van der Waals surface area contributed by atoms with Crippen LogP contribution in [0.4, 0.5) is 0 Å². The molecule has 0 bridgehead atoms. The Morgan fingerprint density at radius 2 is 2.10 bits per heavy atom. The summed E-state index contributed by atoms with van der Waals surface area (Å²) < 4.78 is 1.62. The molecule has 0 unspecified atom stereocenters. The average molecular weight is 267 g/mol. The molecule has 0 saturated carbocycles. The lowest BCUT2D eigenvalue weighted by atomic mass is 10.2. The molecule has 0 radical (unpaired) electrons. The maximum Gasteiger partial charge on any atom is 0.252 e. The molecule has 0 atom stereocenters. The molecule has 3 aromatic rings. The Labute approximate surface area is 115 Å². The van der Waals surface area contributed by atoms with E-state index in [-0.39, 0.29) is 5.56 Å². The fraction of sp³-hybridized carbons (Fsp3) is 0.143. The van der Waals surface area contributed by atoms with Crippen LogP contribution in [0.1, 0.15) is 11.4 Å². The molecule has 3 rings (SSSR count). The van der Waals surface area contributed by atoms with E-state index in [1.54, 1.807) is 23.1 Å². The van der Waals surface area contributed by atoms with Gasteiger partial charge < -0.3 is 0 Å². The molecule has 1 N–H and O–H groups in total. The van der Waals surface area contributed by atoms with E-state index in [0.29, 0.717) is 11.6 Å². The predicted molar refractivity (Wildman–Crippen MR) is 74.7 cm³/mol. The van der Waals surface area contributed by atoms with Gasteiger partial charge in [0.1, 0.15) is 0 Å². The number of rotatable bonds is 2. The van der Waals surface area contributed by atoms with Gasteiger partial charge in [-0.3, -0.25) is 14.8 Å². The molecule has 0 saturated heterocycles. The number of aryl methyl sites for hydroxylation is 2. The monoisotopic (exact) mass is 267 g/mol. The van der Waals surface area contributed by atoms with E-state index in [4.69, 9.17) is 0 Å². The SMILES string of the molecule is Cc1cc(C)n(-c2nc(-c3cccnc3)cc(=O)[nH]2)n1. The summed E-state index contributed by atoms with van der Waals surface area (Å²) in [5.74, 6) is 0.405. The summed E-state index contributed by atoms with van der Waals surface area (Å²) >= 11 is 0. The highest BCUT2D eigenvalue weighted by molar-refractivity contribution is 5.57. The van der Waals surface area contributed by atoms with E-state index >= 15 is 0 Å². The highest BCUT2D eigenvalue weighted by Crippen LogP contribution is 2.15. The summed E-state index contributed by atoms with van der Waals surface area (Å²) in [5.41, 5.74) is 2.93. The number of nitrogens with zero attached hydrogens (tertiary/aromatic N) is 4. The van der Waals surface area contributed by atoms with Crippen LogP contribution < -0.4 is 5.56 Å². The Hall–Kier alpha value is -2.76. The van der Waals surface area contributed by atoms with Gasteiger partial charge in [-0.25, -0.2) is 9.67 Å². The van der Waals surface area contributed by atoms with Crippen molar-refractivity contribution in [2.75, 3.05) is 0 Å². The Kier molecular flexibility index (Phi) is 2.90. The quantitative estimate of drug-likeness (QED) is 0.765. The second kappa shape index (κ2) is 4.73. The van der Waals surface area contributed by atoms with Crippen LogP contribution in [-0.4, -0.2) is 24.7 Å². The van der Waals surface area contributed by atoms with Crippen LogP contribution in [0.3, 0.4) is 0 Å². The lowest BCUT2D eigenvalue weighted by Gasteiger charge is -2.05. The maximum absolute atomic E-state index is 11.8. The zero-order valence-corrected chi connectivity index (χ0v) is 11.2. The number of nitrogens with one attached hydrogen (secondary N) is 1. The topological polar surface area (TPSA) is 76.5 Å². The van der Waals surface area contributed by atoms with Crippen LogP contribution in [0.5, 0.6) is 0 Å². The minimum absolute atomic E-state index is 0.221. The Morgan fingerprint density at radius 3 is 2.75 bits per heavy atom. The van der Waals surface area contributed by atoms with Gasteiger partial charge in [-0.15, -0.1) is 0 Å².